The van der Waals surface area contributed by atoms with Crippen molar-refractivity contribution in [3.63, 3.8) is 0 Å². The summed E-state index contributed by atoms with van der Waals surface area (Å²) in [6, 6.07) is -1.77. The molecular weight excluding hydrogens is 498 g/mol. The number of aliphatic hydroxyl groups is 1. The number of carbonyl (C=O) groups excluding carboxylic acids is 3. The molecule has 212 valence electrons. The fraction of sp³-hybridized carbons (Fsp3) is 0.625. The molecule has 2 rings (SSSR count). The van der Waals surface area contributed by atoms with Crippen molar-refractivity contribution in [2.75, 3.05) is 18.9 Å². The number of ether oxygens (including phenoxy) is 3. The Morgan fingerprint density at radius 3 is 2.13 bits per heavy atom. The van der Waals surface area contributed by atoms with Gasteiger partial charge in [-0.1, -0.05) is 27.7 Å². The topological polar surface area (TPSA) is 234 Å². The second-order valence-corrected chi connectivity index (χ2v) is 9.79. The molecule has 0 spiro atoms. The molecule has 14 heteroatoms. The number of rotatable bonds is 13. The lowest BCUT2D eigenvalue weighted by atomic mass is 10.1. The number of fused-ring (bicyclic) bond motifs is 1. The van der Waals surface area contributed by atoms with Gasteiger partial charge in [0.2, 0.25) is 0 Å². The minimum atomic E-state index is -1.18. The number of hydrogen-bond donors (Lipinski definition) is 5. The molecule has 0 aliphatic carbocycles. The van der Waals surface area contributed by atoms with E-state index in [1.807, 2.05) is 0 Å². The Hall–Kier alpha value is -3.33. The molecule has 0 aliphatic heterocycles. The van der Waals surface area contributed by atoms with E-state index in [0.29, 0.717) is 5.82 Å². The molecule has 1 amide bonds. The highest BCUT2D eigenvalue weighted by Crippen LogP contribution is 2.29. The van der Waals surface area contributed by atoms with E-state index in [9.17, 15) is 19.5 Å². The Balaban J connectivity index is 2.44. The first-order valence-electron chi connectivity index (χ1n) is 12.3. The Kier molecular flexibility index (Phi) is 10.5. The normalized spacial score (nSPS) is 15.8. The second kappa shape index (κ2) is 13.0. The van der Waals surface area contributed by atoms with Gasteiger partial charge in [-0.3, -0.25) is 14.4 Å². The lowest BCUT2D eigenvalue weighted by Gasteiger charge is -2.30. The van der Waals surface area contributed by atoms with Crippen LogP contribution in [0.3, 0.4) is 0 Å². The van der Waals surface area contributed by atoms with Gasteiger partial charge < -0.3 is 46.8 Å². The van der Waals surface area contributed by atoms with Crippen LogP contribution in [0.25, 0.3) is 11.0 Å². The van der Waals surface area contributed by atoms with Crippen molar-refractivity contribution in [1.82, 2.24) is 14.5 Å². The number of aromatic nitrogens is 3. The molecule has 0 fully saturated rings. The van der Waals surface area contributed by atoms with Crippen LogP contribution < -0.4 is 22.9 Å². The summed E-state index contributed by atoms with van der Waals surface area (Å²) in [7, 11) is 0. The molecule has 0 radical (unpaired) electrons. The van der Waals surface area contributed by atoms with E-state index in [2.05, 4.69) is 9.97 Å². The van der Waals surface area contributed by atoms with Crippen LogP contribution in [0.4, 0.5) is 5.82 Å². The average Bonchev–Trinajstić information content (AvgIpc) is 3.22. The molecule has 5 atom stereocenters. The number of nitrogen functional groups attached to an aromatic ring is 1. The van der Waals surface area contributed by atoms with Crippen LogP contribution in [-0.4, -0.2) is 75.0 Å². The molecular formula is C24H39N7O7. The SMILES string of the molecule is Cc1nc(N)c2c(C(N)=O)cn([C@@H](CO)O[C@H](COC(=O)C(N)C(C)C)[C@H](C)OC(=O)C(N)C(C)C)c2n1. The molecule has 0 saturated heterocycles. The summed E-state index contributed by atoms with van der Waals surface area (Å²) in [4.78, 5) is 45.5. The smallest absolute Gasteiger partial charge is 0.323 e. The van der Waals surface area contributed by atoms with Gasteiger partial charge >= 0.3 is 11.9 Å². The zero-order valence-corrected chi connectivity index (χ0v) is 22.6. The van der Waals surface area contributed by atoms with E-state index in [0.717, 1.165) is 0 Å². The van der Waals surface area contributed by atoms with Gasteiger partial charge in [0, 0.05) is 6.20 Å². The molecule has 14 nitrogen and oxygen atoms in total. The molecule has 2 unspecified atom stereocenters. The number of nitrogens with two attached hydrogens (primary N) is 4. The zero-order chi connectivity index (χ0) is 28.9. The van der Waals surface area contributed by atoms with E-state index >= 15 is 0 Å². The van der Waals surface area contributed by atoms with Crippen molar-refractivity contribution >= 4 is 34.7 Å². The lowest BCUT2D eigenvalue weighted by molar-refractivity contribution is -0.179. The highest BCUT2D eigenvalue weighted by atomic mass is 16.6. The third kappa shape index (κ3) is 7.16. The number of aliphatic hydroxyl groups excluding tert-OH is 1. The van der Waals surface area contributed by atoms with Gasteiger partial charge in [0.1, 0.15) is 48.2 Å². The zero-order valence-electron chi connectivity index (χ0n) is 22.6. The third-order valence-corrected chi connectivity index (χ3v) is 6.07. The number of primary amides is 1. The van der Waals surface area contributed by atoms with Gasteiger partial charge in [0.05, 0.1) is 17.6 Å². The number of nitrogens with zero attached hydrogens (tertiary/aromatic N) is 3. The van der Waals surface area contributed by atoms with Crippen LogP contribution in [-0.2, 0) is 23.8 Å². The number of amides is 1. The van der Waals surface area contributed by atoms with Crippen LogP contribution in [0.2, 0.25) is 0 Å². The van der Waals surface area contributed by atoms with Crippen molar-refractivity contribution in [1.29, 1.82) is 0 Å². The Bertz CT molecular complexity index is 1150. The summed E-state index contributed by atoms with van der Waals surface area (Å²) in [6.45, 7) is 9.24. The predicted octanol–water partition coefficient (Wildman–Crippen LogP) is -0.262. The van der Waals surface area contributed by atoms with Crippen LogP contribution in [0.1, 0.15) is 57.0 Å². The lowest BCUT2D eigenvalue weighted by Crippen LogP contribution is -2.45. The Morgan fingerprint density at radius 1 is 1.03 bits per heavy atom. The summed E-state index contributed by atoms with van der Waals surface area (Å²) in [6.07, 6.45) is -1.89. The van der Waals surface area contributed by atoms with Gasteiger partial charge in [-0.25, -0.2) is 9.97 Å². The van der Waals surface area contributed by atoms with E-state index in [1.165, 1.54) is 17.7 Å². The van der Waals surface area contributed by atoms with Gasteiger partial charge in [-0.2, -0.15) is 0 Å². The summed E-state index contributed by atoms with van der Waals surface area (Å²) in [5.41, 5.74) is 23.6. The van der Waals surface area contributed by atoms with Crippen LogP contribution in [0, 0.1) is 18.8 Å². The predicted molar refractivity (Wildman–Crippen MR) is 138 cm³/mol. The number of esters is 2. The van der Waals surface area contributed by atoms with Crippen molar-refractivity contribution in [2.45, 2.75) is 72.1 Å². The molecule has 0 aliphatic rings. The summed E-state index contributed by atoms with van der Waals surface area (Å²) in [5.74, 6) is -2.18. The van der Waals surface area contributed by atoms with Gasteiger partial charge in [0.15, 0.2) is 6.23 Å². The summed E-state index contributed by atoms with van der Waals surface area (Å²) >= 11 is 0. The molecule has 0 saturated carbocycles. The van der Waals surface area contributed by atoms with Crippen molar-refractivity contribution in [3.05, 3.63) is 17.6 Å². The van der Waals surface area contributed by atoms with Gasteiger partial charge in [-0.15, -0.1) is 0 Å². The van der Waals surface area contributed by atoms with E-state index in [-0.39, 0.29) is 40.9 Å². The molecule has 0 aromatic carbocycles. The van der Waals surface area contributed by atoms with E-state index in [4.69, 9.17) is 37.1 Å². The molecule has 38 heavy (non-hydrogen) atoms. The minimum absolute atomic E-state index is 0.0211. The molecule has 9 N–H and O–H groups in total. The minimum Gasteiger partial charge on any atom is -0.462 e. The van der Waals surface area contributed by atoms with Crippen molar-refractivity contribution in [3.8, 4) is 0 Å². The molecule has 2 aromatic rings. The fourth-order valence-corrected chi connectivity index (χ4v) is 3.52. The van der Waals surface area contributed by atoms with Gasteiger partial charge in [0.25, 0.3) is 5.91 Å². The first-order chi connectivity index (χ1) is 17.7. The first kappa shape index (κ1) is 30.9. The number of aryl methyl sites for hydroxylation is 1. The number of carbonyl (C=O) groups is 3. The van der Waals surface area contributed by atoms with Gasteiger partial charge in [-0.05, 0) is 25.7 Å². The summed E-state index contributed by atoms with van der Waals surface area (Å²) < 4.78 is 18.3. The highest BCUT2D eigenvalue weighted by Gasteiger charge is 2.32. The van der Waals surface area contributed by atoms with Crippen LogP contribution in [0.5, 0.6) is 0 Å². The third-order valence-electron chi connectivity index (χ3n) is 6.07. The first-order valence-corrected chi connectivity index (χ1v) is 12.3. The second-order valence-electron chi connectivity index (χ2n) is 9.79. The largest absolute Gasteiger partial charge is 0.462 e. The standard InChI is InChI=1S/C24H39N7O7/c1-10(2)18(25)23(34)36-9-15(12(5)37-24(35)19(26)11(3)4)38-16(8-32)31-7-14(21(28)33)17-20(27)29-13(6)30-22(17)31/h7,10-12,15-16,18-19,32H,8-9,25-26H2,1-6H3,(H2,28,33)(H2,27,29,30)/t12-,15+,16+,18?,19?/m0/s1. The average molecular weight is 538 g/mol. The maximum atomic E-state index is 12.5. The Labute approximate surface area is 221 Å². The van der Waals surface area contributed by atoms with Crippen LogP contribution in [0.15, 0.2) is 6.20 Å². The van der Waals surface area contributed by atoms with E-state index < -0.39 is 55.0 Å². The van der Waals surface area contributed by atoms with Crippen LogP contribution >= 0.6 is 0 Å². The van der Waals surface area contributed by atoms with Crippen molar-refractivity contribution in [2.24, 2.45) is 29.0 Å². The molecule has 2 aromatic heterocycles. The highest BCUT2D eigenvalue weighted by molar-refractivity contribution is 6.08. The van der Waals surface area contributed by atoms with Crippen molar-refractivity contribution < 1.29 is 33.7 Å². The Morgan fingerprint density at radius 2 is 1.61 bits per heavy atom. The van der Waals surface area contributed by atoms with E-state index in [1.54, 1.807) is 34.6 Å². The molecule has 2 heterocycles. The monoisotopic (exact) mass is 537 g/mol. The number of hydrogen-bond acceptors (Lipinski definition) is 12. The quantitative estimate of drug-likeness (QED) is 0.208. The molecule has 0 bridgehead atoms. The number of anilines is 1. The summed E-state index contributed by atoms with van der Waals surface area (Å²) in [5, 5.41) is 10.4. The maximum absolute atomic E-state index is 12.5. The fourth-order valence-electron chi connectivity index (χ4n) is 3.52. The maximum Gasteiger partial charge on any atom is 0.323 e.